The molecule has 0 radical (unpaired) electrons. The lowest BCUT2D eigenvalue weighted by Crippen LogP contribution is -2.26. The maximum atomic E-state index is 11.6. The molecule has 0 aromatic carbocycles. The monoisotopic (exact) mass is 196 g/mol. The molecule has 0 bridgehead atoms. The Balaban J connectivity index is 2.54. The molecule has 0 fully saturated rings. The molecule has 0 saturated heterocycles. The Morgan fingerprint density at radius 2 is 2.14 bits per heavy atom. The highest BCUT2D eigenvalue weighted by atomic mass is 16.5. The van der Waals surface area contributed by atoms with Crippen LogP contribution < -0.4 is 0 Å². The fourth-order valence-electron chi connectivity index (χ4n) is 1.36. The first kappa shape index (κ1) is 11.3. The largest absolute Gasteiger partial charge is 0.498 e. The van der Waals surface area contributed by atoms with Crippen LogP contribution in [-0.4, -0.2) is 12.4 Å². The number of ether oxygens (including phenoxy) is 1. The van der Waals surface area contributed by atoms with Crippen molar-refractivity contribution in [1.82, 2.24) is 0 Å². The lowest BCUT2D eigenvalue weighted by atomic mass is 9.79. The zero-order valence-corrected chi connectivity index (χ0v) is 9.59. The van der Waals surface area contributed by atoms with Gasteiger partial charge in [-0.3, -0.25) is 4.79 Å². The van der Waals surface area contributed by atoms with Crippen LogP contribution in [-0.2, 0) is 9.53 Å². The van der Waals surface area contributed by atoms with Crippen molar-refractivity contribution in [3.05, 3.63) is 11.8 Å². The van der Waals surface area contributed by atoms with E-state index in [1.165, 1.54) is 0 Å². The predicted octanol–water partition coefficient (Wildman–Crippen LogP) is 2.93. The highest BCUT2D eigenvalue weighted by Gasteiger charge is 2.30. The number of carbonyl (C=O) groups excluding carboxylic acids is 1. The van der Waals surface area contributed by atoms with E-state index in [2.05, 4.69) is 13.8 Å². The Hall–Kier alpha value is -0.790. The van der Waals surface area contributed by atoms with E-state index in [1.807, 2.05) is 13.8 Å². The second kappa shape index (κ2) is 4.16. The van der Waals surface area contributed by atoms with E-state index >= 15 is 0 Å². The molecule has 2 heteroatoms. The minimum Gasteiger partial charge on any atom is -0.498 e. The first-order valence-electron chi connectivity index (χ1n) is 5.29. The number of hydrogen-bond donors (Lipinski definition) is 0. The molecular formula is C12H20O2. The molecular weight excluding hydrogens is 176 g/mol. The van der Waals surface area contributed by atoms with Crippen LogP contribution in [0.3, 0.4) is 0 Å². The van der Waals surface area contributed by atoms with Crippen LogP contribution in [0, 0.1) is 11.3 Å². The van der Waals surface area contributed by atoms with E-state index in [-0.39, 0.29) is 11.2 Å². The lowest BCUT2D eigenvalue weighted by molar-refractivity contribution is -0.123. The van der Waals surface area contributed by atoms with E-state index < -0.39 is 0 Å². The van der Waals surface area contributed by atoms with E-state index in [1.54, 1.807) is 6.08 Å². The van der Waals surface area contributed by atoms with Gasteiger partial charge in [0.2, 0.25) is 0 Å². The van der Waals surface area contributed by atoms with Crippen molar-refractivity contribution in [3.63, 3.8) is 0 Å². The second-order valence-corrected chi connectivity index (χ2v) is 5.06. The molecule has 14 heavy (non-hydrogen) atoms. The summed E-state index contributed by atoms with van der Waals surface area (Å²) in [5, 5.41) is 0. The molecule has 0 N–H and O–H groups in total. The summed E-state index contributed by atoms with van der Waals surface area (Å²) in [6.07, 6.45) is 3.47. The van der Waals surface area contributed by atoms with E-state index in [9.17, 15) is 4.79 Å². The molecule has 2 nitrogen and oxygen atoms in total. The Morgan fingerprint density at radius 1 is 1.50 bits per heavy atom. The number of ketones is 1. The maximum absolute atomic E-state index is 11.6. The molecule has 0 heterocycles. The second-order valence-electron chi connectivity index (χ2n) is 5.06. The molecule has 0 atom stereocenters. The predicted molar refractivity (Wildman–Crippen MR) is 56.9 cm³/mol. The Bertz CT molecular complexity index is 249. The van der Waals surface area contributed by atoms with Crippen LogP contribution in [0.5, 0.6) is 0 Å². The summed E-state index contributed by atoms with van der Waals surface area (Å²) in [5.74, 6) is 1.58. The molecule has 0 aromatic heterocycles. The summed E-state index contributed by atoms with van der Waals surface area (Å²) in [6.45, 7) is 8.90. The highest BCUT2D eigenvalue weighted by Crippen LogP contribution is 2.31. The van der Waals surface area contributed by atoms with Crippen LogP contribution in [0.15, 0.2) is 11.8 Å². The summed E-state index contributed by atoms with van der Waals surface area (Å²) in [4.78, 5) is 11.6. The molecule has 0 spiro atoms. The van der Waals surface area contributed by atoms with Crippen molar-refractivity contribution in [3.8, 4) is 0 Å². The molecule has 0 aromatic rings. The van der Waals surface area contributed by atoms with Crippen molar-refractivity contribution < 1.29 is 9.53 Å². The van der Waals surface area contributed by atoms with Gasteiger partial charge in [0.15, 0.2) is 5.78 Å². The van der Waals surface area contributed by atoms with Gasteiger partial charge in [-0.25, -0.2) is 0 Å². The van der Waals surface area contributed by atoms with E-state index in [0.29, 0.717) is 12.5 Å². The number of allylic oxidation sites excluding steroid dienone is 2. The van der Waals surface area contributed by atoms with Crippen LogP contribution in [0.25, 0.3) is 0 Å². The third-order valence-electron chi connectivity index (χ3n) is 2.56. The normalized spacial score (nSPS) is 20.9. The molecule has 1 aliphatic carbocycles. The van der Waals surface area contributed by atoms with Gasteiger partial charge in [-0.15, -0.1) is 0 Å². The van der Waals surface area contributed by atoms with Crippen LogP contribution in [0.1, 0.15) is 40.5 Å². The fourth-order valence-corrected chi connectivity index (χ4v) is 1.36. The minimum atomic E-state index is -0.190. The first-order chi connectivity index (χ1) is 6.42. The Morgan fingerprint density at radius 3 is 2.64 bits per heavy atom. The van der Waals surface area contributed by atoms with Crippen molar-refractivity contribution in [1.29, 1.82) is 0 Å². The summed E-state index contributed by atoms with van der Waals surface area (Å²) in [7, 11) is 0. The standard InChI is InChI=1S/C12H20O2/c1-9(2)8-14-10-5-6-12(3,4)11(13)7-10/h7,9H,5-6,8H2,1-4H3. The van der Waals surface area contributed by atoms with Gasteiger partial charge >= 0.3 is 0 Å². The maximum Gasteiger partial charge on any atom is 0.164 e. The van der Waals surface area contributed by atoms with Crippen molar-refractivity contribution in [2.45, 2.75) is 40.5 Å². The van der Waals surface area contributed by atoms with E-state index in [4.69, 9.17) is 4.74 Å². The smallest absolute Gasteiger partial charge is 0.164 e. The number of carbonyl (C=O) groups is 1. The van der Waals surface area contributed by atoms with Crippen molar-refractivity contribution in [2.24, 2.45) is 11.3 Å². The SMILES string of the molecule is CC(C)COC1=CC(=O)C(C)(C)CC1. The van der Waals surface area contributed by atoms with Crippen molar-refractivity contribution in [2.75, 3.05) is 6.61 Å². The van der Waals surface area contributed by atoms with Gasteiger partial charge in [0, 0.05) is 17.9 Å². The molecule has 80 valence electrons. The van der Waals surface area contributed by atoms with Crippen LogP contribution >= 0.6 is 0 Å². The van der Waals surface area contributed by atoms with Gasteiger partial charge in [0.1, 0.15) is 0 Å². The average Bonchev–Trinajstić information content (AvgIpc) is 2.07. The zero-order chi connectivity index (χ0) is 10.8. The third kappa shape index (κ3) is 2.86. The molecule has 1 aliphatic rings. The fraction of sp³-hybridized carbons (Fsp3) is 0.750. The number of hydrogen-bond acceptors (Lipinski definition) is 2. The van der Waals surface area contributed by atoms with E-state index in [0.717, 1.165) is 18.6 Å². The third-order valence-corrected chi connectivity index (χ3v) is 2.56. The van der Waals surface area contributed by atoms with Gasteiger partial charge in [-0.1, -0.05) is 27.7 Å². The zero-order valence-electron chi connectivity index (χ0n) is 9.59. The summed E-state index contributed by atoms with van der Waals surface area (Å²) < 4.78 is 5.55. The Labute approximate surface area is 86.3 Å². The quantitative estimate of drug-likeness (QED) is 0.693. The van der Waals surface area contributed by atoms with Gasteiger partial charge in [0.25, 0.3) is 0 Å². The highest BCUT2D eigenvalue weighted by molar-refractivity contribution is 5.95. The molecule has 0 saturated carbocycles. The van der Waals surface area contributed by atoms with Crippen molar-refractivity contribution >= 4 is 5.78 Å². The summed E-state index contributed by atoms with van der Waals surface area (Å²) in [5.41, 5.74) is -0.190. The van der Waals surface area contributed by atoms with Crippen LogP contribution in [0.2, 0.25) is 0 Å². The van der Waals surface area contributed by atoms with Gasteiger partial charge in [-0.2, -0.15) is 0 Å². The van der Waals surface area contributed by atoms with Gasteiger partial charge in [-0.05, 0) is 12.3 Å². The summed E-state index contributed by atoms with van der Waals surface area (Å²) in [6, 6.07) is 0. The van der Waals surface area contributed by atoms with Gasteiger partial charge in [0.05, 0.1) is 12.4 Å². The summed E-state index contributed by atoms with van der Waals surface area (Å²) >= 11 is 0. The molecule has 0 aliphatic heterocycles. The van der Waals surface area contributed by atoms with Gasteiger partial charge < -0.3 is 4.74 Å². The first-order valence-corrected chi connectivity index (χ1v) is 5.29. The molecule has 1 rings (SSSR count). The number of rotatable bonds is 3. The molecule has 0 amide bonds. The Kier molecular flexibility index (Phi) is 3.35. The lowest BCUT2D eigenvalue weighted by Gasteiger charge is -2.27. The molecule has 0 unspecified atom stereocenters. The van der Waals surface area contributed by atoms with Crippen LogP contribution in [0.4, 0.5) is 0 Å². The average molecular weight is 196 g/mol. The topological polar surface area (TPSA) is 26.3 Å². The minimum absolute atomic E-state index is 0.190.